The molecule has 0 atom stereocenters. The molecule has 7 heteroatoms. The first-order chi connectivity index (χ1) is 13.1. The summed E-state index contributed by atoms with van der Waals surface area (Å²) in [5, 5.41) is 7.55. The number of carbonyl (C=O) groups excluding carboxylic acids is 2. The minimum absolute atomic E-state index is 0.178. The van der Waals surface area contributed by atoms with Gasteiger partial charge in [-0.05, 0) is 36.8 Å². The van der Waals surface area contributed by atoms with Crippen LogP contribution in [-0.2, 0) is 5.75 Å². The summed E-state index contributed by atoms with van der Waals surface area (Å²) in [4.78, 5) is 30.0. The van der Waals surface area contributed by atoms with Gasteiger partial charge in [-0.3, -0.25) is 9.59 Å². The van der Waals surface area contributed by atoms with Crippen LogP contribution in [0.5, 0.6) is 0 Å². The van der Waals surface area contributed by atoms with Gasteiger partial charge in [0.15, 0.2) is 0 Å². The predicted octanol–water partition coefficient (Wildman–Crippen LogP) is 4.36. The number of rotatable bonds is 6. The predicted molar refractivity (Wildman–Crippen MR) is 111 cm³/mol. The van der Waals surface area contributed by atoms with E-state index in [0.29, 0.717) is 22.6 Å². The standard InChI is InChI=1S/C20H19N3O2S2/c1-13-15(19(24)21-2)7-5-8-17(13)23-20(25)16-6-3-4-9-18(16)27-11-14-10-26-12-22-14/h3-10,12H,11H2,1-2H3,(H,21,24)(H,23,25). The van der Waals surface area contributed by atoms with Gasteiger partial charge in [0.25, 0.3) is 11.8 Å². The molecule has 0 radical (unpaired) electrons. The van der Waals surface area contributed by atoms with E-state index in [2.05, 4.69) is 15.6 Å². The average molecular weight is 398 g/mol. The number of amides is 2. The highest BCUT2D eigenvalue weighted by Gasteiger charge is 2.15. The van der Waals surface area contributed by atoms with Crippen LogP contribution < -0.4 is 10.6 Å². The second-order valence-corrected chi connectivity index (χ2v) is 7.51. The summed E-state index contributed by atoms with van der Waals surface area (Å²) in [7, 11) is 1.59. The molecule has 0 fully saturated rings. The highest BCUT2D eigenvalue weighted by Crippen LogP contribution is 2.27. The number of thioether (sulfide) groups is 1. The van der Waals surface area contributed by atoms with Crippen molar-refractivity contribution in [3.8, 4) is 0 Å². The number of nitrogens with one attached hydrogen (secondary N) is 2. The van der Waals surface area contributed by atoms with Crippen molar-refractivity contribution in [3.63, 3.8) is 0 Å². The molecule has 0 aliphatic rings. The first-order valence-electron chi connectivity index (χ1n) is 8.32. The van der Waals surface area contributed by atoms with Crippen molar-refractivity contribution in [2.75, 3.05) is 12.4 Å². The fraction of sp³-hybridized carbons (Fsp3) is 0.150. The van der Waals surface area contributed by atoms with E-state index in [0.717, 1.165) is 16.2 Å². The summed E-state index contributed by atoms with van der Waals surface area (Å²) in [6.07, 6.45) is 0. The Morgan fingerprint density at radius 3 is 2.59 bits per heavy atom. The molecule has 0 aliphatic heterocycles. The highest BCUT2D eigenvalue weighted by atomic mass is 32.2. The Morgan fingerprint density at radius 2 is 1.85 bits per heavy atom. The molecule has 27 heavy (non-hydrogen) atoms. The monoisotopic (exact) mass is 397 g/mol. The van der Waals surface area contributed by atoms with Crippen LogP contribution in [0.15, 0.2) is 58.3 Å². The van der Waals surface area contributed by atoms with E-state index in [-0.39, 0.29) is 11.8 Å². The van der Waals surface area contributed by atoms with Gasteiger partial charge in [0.2, 0.25) is 0 Å². The van der Waals surface area contributed by atoms with Crippen molar-refractivity contribution in [2.45, 2.75) is 17.6 Å². The lowest BCUT2D eigenvalue weighted by atomic mass is 10.1. The van der Waals surface area contributed by atoms with Gasteiger partial charge in [-0.15, -0.1) is 23.1 Å². The number of nitrogens with zero attached hydrogens (tertiary/aromatic N) is 1. The van der Waals surface area contributed by atoms with Gasteiger partial charge >= 0.3 is 0 Å². The van der Waals surface area contributed by atoms with Crippen LogP contribution in [0.25, 0.3) is 0 Å². The normalized spacial score (nSPS) is 10.4. The molecular formula is C20H19N3O2S2. The molecule has 3 aromatic rings. The second-order valence-electron chi connectivity index (χ2n) is 5.78. The van der Waals surface area contributed by atoms with Crippen LogP contribution in [0, 0.1) is 6.92 Å². The van der Waals surface area contributed by atoms with Crippen molar-refractivity contribution in [1.29, 1.82) is 0 Å². The summed E-state index contributed by atoms with van der Waals surface area (Å²) < 4.78 is 0. The number of aromatic nitrogens is 1. The minimum atomic E-state index is -0.200. The van der Waals surface area contributed by atoms with E-state index < -0.39 is 0 Å². The summed E-state index contributed by atoms with van der Waals surface area (Å²) >= 11 is 3.14. The number of carbonyl (C=O) groups is 2. The van der Waals surface area contributed by atoms with Crippen LogP contribution in [0.1, 0.15) is 32.0 Å². The van der Waals surface area contributed by atoms with Gasteiger partial charge in [0.1, 0.15) is 0 Å². The number of thiazole rings is 1. The van der Waals surface area contributed by atoms with Crippen molar-refractivity contribution < 1.29 is 9.59 Å². The lowest BCUT2D eigenvalue weighted by Crippen LogP contribution is -2.20. The number of anilines is 1. The van der Waals surface area contributed by atoms with Crippen molar-refractivity contribution in [1.82, 2.24) is 10.3 Å². The maximum atomic E-state index is 12.9. The Labute approximate surface area is 166 Å². The Kier molecular flexibility index (Phi) is 6.26. The van der Waals surface area contributed by atoms with Crippen LogP contribution >= 0.6 is 23.1 Å². The molecular weight excluding hydrogens is 378 g/mol. The number of benzene rings is 2. The van der Waals surface area contributed by atoms with E-state index in [9.17, 15) is 9.59 Å². The topological polar surface area (TPSA) is 71.1 Å². The molecule has 0 bridgehead atoms. The first kappa shape index (κ1) is 19.1. The number of hydrogen-bond donors (Lipinski definition) is 2. The molecule has 1 aromatic heterocycles. The van der Waals surface area contributed by atoms with E-state index in [1.54, 1.807) is 59.9 Å². The minimum Gasteiger partial charge on any atom is -0.355 e. The Hall–Kier alpha value is -2.64. The zero-order valence-electron chi connectivity index (χ0n) is 15.0. The van der Waals surface area contributed by atoms with Crippen molar-refractivity contribution in [3.05, 3.63) is 75.7 Å². The maximum absolute atomic E-state index is 12.9. The van der Waals surface area contributed by atoms with Crippen LogP contribution in [-0.4, -0.2) is 23.8 Å². The highest BCUT2D eigenvalue weighted by molar-refractivity contribution is 7.98. The molecule has 1 heterocycles. The third-order valence-corrected chi connectivity index (χ3v) is 5.79. The smallest absolute Gasteiger partial charge is 0.256 e. The quantitative estimate of drug-likeness (QED) is 0.607. The van der Waals surface area contributed by atoms with Gasteiger partial charge < -0.3 is 10.6 Å². The first-order valence-corrected chi connectivity index (χ1v) is 10.2. The van der Waals surface area contributed by atoms with E-state index in [1.807, 2.05) is 30.5 Å². The second kappa shape index (κ2) is 8.83. The van der Waals surface area contributed by atoms with Crippen LogP contribution in [0.2, 0.25) is 0 Å². The van der Waals surface area contributed by atoms with Crippen molar-refractivity contribution >= 4 is 40.6 Å². The summed E-state index contributed by atoms with van der Waals surface area (Å²) in [5.74, 6) is 0.329. The van der Waals surface area contributed by atoms with Crippen molar-refractivity contribution in [2.24, 2.45) is 0 Å². The zero-order chi connectivity index (χ0) is 19.2. The lowest BCUT2D eigenvalue weighted by molar-refractivity contribution is 0.0960. The van der Waals surface area contributed by atoms with E-state index in [1.165, 1.54) is 0 Å². The summed E-state index contributed by atoms with van der Waals surface area (Å²) in [6, 6.07) is 12.8. The van der Waals surface area contributed by atoms with Gasteiger partial charge in [-0.25, -0.2) is 4.98 Å². The van der Waals surface area contributed by atoms with E-state index in [4.69, 9.17) is 0 Å². The molecule has 0 spiro atoms. The molecule has 0 saturated carbocycles. The Morgan fingerprint density at radius 1 is 1.07 bits per heavy atom. The van der Waals surface area contributed by atoms with Gasteiger partial charge in [0, 0.05) is 34.3 Å². The maximum Gasteiger partial charge on any atom is 0.256 e. The molecule has 3 rings (SSSR count). The molecule has 2 aromatic carbocycles. The van der Waals surface area contributed by atoms with Gasteiger partial charge in [-0.2, -0.15) is 0 Å². The van der Waals surface area contributed by atoms with Crippen LogP contribution in [0.3, 0.4) is 0 Å². The third-order valence-electron chi connectivity index (χ3n) is 4.04. The lowest BCUT2D eigenvalue weighted by Gasteiger charge is -2.13. The molecule has 2 N–H and O–H groups in total. The zero-order valence-corrected chi connectivity index (χ0v) is 16.6. The molecule has 5 nitrogen and oxygen atoms in total. The molecule has 0 unspecified atom stereocenters. The summed E-state index contributed by atoms with van der Waals surface area (Å²) in [5.41, 5.74) is 5.30. The van der Waals surface area contributed by atoms with Gasteiger partial charge in [0.05, 0.1) is 16.8 Å². The molecule has 0 aliphatic carbocycles. The fourth-order valence-electron chi connectivity index (χ4n) is 2.58. The number of hydrogen-bond acceptors (Lipinski definition) is 5. The molecule has 0 saturated heterocycles. The fourth-order valence-corrected chi connectivity index (χ4v) is 4.20. The largest absolute Gasteiger partial charge is 0.355 e. The van der Waals surface area contributed by atoms with Gasteiger partial charge in [-0.1, -0.05) is 18.2 Å². The summed E-state index contributed by atoms with van der Waals surface area (Å²) in [6.45, 7) is 1.82. The SMILES string of the molecule is CNC(=O)c1cccc(NC(=O)c2ccccc2SCc2cscn2)c1C. The van der Waals surface area contributed by atoms with Crippen LogP contribution in [0.4, 0.5) is 5.69 Å². The Balaban J connectivity index is 1.80. The molecule has 138 valence electrons. The Bertz CT molecular complexity index is 956. The third kappa shape index (κ3) is 4.56. The average Bonchev–Trinajstić information content (AvgIpc) is 3.21. The molecule has 2 amide bonds. The van der Waals surface area contributed by atoms with E-state index >= 15 is 0 Å².